The number of pyridine rings is 1. The summed E-state index contributed by atoms with van der Waals surface area (Å²) in [5.41, 5.74) is 3.07. The molecular weight excluding hydrogens is 264 g/mol. The highest BCUT2D eigenvalue weighted by atomic mass is 16.2. The summed E-state index contributed by atoms with van der Waals surface area (Å²) >= 11 is 0. The smallest absolute Gasteiger partial charge is 0.323 e. The van der Waals surface area contributed by atoms with Crippen molar-refractivity contribution in [2.45, 2.75) is 25.4 Å². The van der Waals surface area contributed by atoms with E-state index in [9.17, 15) is 4.79 Å². The third-order valence-corrected chi connectivity index (χ3v) is 3.91. The Morgan fingerprint density at radius 2 is 2.00 bits per heavy atom. The lowest BCUT2D eigenvalue weighted by Gasteiger charge is -2.30. The topological polar surface area (TPSA) is 57.3 Å². The first-order valence-corrected chi connectivity index (χ1v) is 7.19. The van der Waals surface area contributed by atoms with Gasteiger partial charge < -0.3 is 10.2 Å². The predicted octanol–water partition coefficient (Wildman–Crippen LogP) is 3.34. The predicted molar refractivity (Wildman–Crippen MR) is 81.5 cm³/mol. The molecule has 1 aromatic heterocycles. The van der Waals surface area contributed by atoms with Gasteiger partial charge >= 0.3 is 6.03 Å². The molecule has 2 aromatic rings. The number of urea groups is 1. The Morgan fingerprint density at radius 3 is 2.76 bits per heavy atom. The Balaban J connectivity index is 1.67. The highest BCUT2D eigenvalue weighted by Crippen LogP contribution is 2.35. The average molecular weight is 280 g/mol. The van der Waals surface area contributed by atoms with Crippen LogP contribution < -0.4 is 10.6 Å². The molecule has 5 nitrogen and oxygen atoms in total. The third kappa shape index (κ3) is 2.31. The summed E-state index contributed by atoms with van der Waals surface area (Å²) in [5.74, 6) is 0.665. The van der Waals surface area contributed by atoms with Crippen LogP contribution in [0.2, 0.25) is 0 Å². The molecule has 2 N–H and O–H groups in total. The lowest BCUT2D eigenvalue weighted by molar-refractivity contribution is 0.203. The molecule has 1 aliphatic heterocycles. The van der Waals surface area contributed by atoms with E-state index in [1.54, 1.807) is 6.20 Å². The molecule has 5 heteroatoms. The highest BCUT2D eigenvalue weighted by Gasteiger charge is 2.36. The fourth-order valence-electron chi connectivity index (χ4n) is 2.65. The van der Waals surface area contributed by atoms with Gasteiger partial charge in [-0.25, -0.2) is 9.78 Å². The molecule has 0 atom stereocenters. The number of hydrogen-bond acceptors (Lipinski definition) is 3. The minimum Gasteiger partial charge on any atom is -0.355 e. The van der Waals surface area contributed by atoms with Gasteiger partial charge in [0.1, 0.15) is 5.82 Å². The van der Waals surface area contributed by atoms with Crippen molar-refractivity contribution < 1.29 is 4.79 Å². The maximum absolute atomic E-state index is 12.1. The van der Waals surface area contributed by atoms with Crippen LogP contribution in [0.5, 0.6) is 0 Å². The molecule has 4 rings (SSSR count). The molecule has 1 aliphatic carbocycles. The van der Waals surface area contributed by atoms with Crippen LogP contribution in [0.4, 0.5) is 22.0 Å². The van der Waals surface area contributed by atoms with E-state index in [-0.39, 0.29) is 6.03 Å². The summed E-state index contributed by atoms with van der Waals surface area (Å²) in [6, 6.07) is 12.3. The van der Waals surface area contributed by atoms with Gasteiger partial charge in [-0.05, 0) is 31.0 Å². The Morgan fingerprint density at radius 1 is 1.19 bits per heavy atom. The third-order valence-electron chi connectivity index (χ3n) is 3.91. The molecule has 1 aromatic carbocycles. The van der Waals surface area contributed by atoms with E-state index in [1.807, 2.05) is 41.3 Å². The standard InChI is InChI=1S/C16H16N4O/c21-16-19-15-13(10-20(16)12-6-7-12)14(8-9-17-15)18-11-4-2-1-3-5-11/h1-5,8-9,12H,6-7,10H2,(H2,17,18,19,21). The summed E-state index contributed by atoms with van der Waals surface area (Å²) in [5, 5.41) is 6.30. The van der Waals surface area contributed by atoms with Gasteiger partial charge in [-0.1, -0.05) is 18.2 Å². The summed E-state index contributed by atoms with van der Waals surface area (Å²) in [6.45, 7) is 0.620. The molecule has 0 unspecified atom stereocenters. The average Bonchev–Trinajstić information content (AvgIpc) is 3.32. The molecule has 0 spiro atoms. The second-order valence-corrected chi connectivity index (χ2v) is 5.47. The molecule has 0 bridgehead atoms. The zero-order valence-corrected chi connectivity index (χ0v) is 11.5. The number of nitrogens with zero attached hydrogens (tertiary/aromatic N) is 2. The van der Waals surface area contributed by atoms with Crippen molar-refractivity contribution in [3.8, 4) is 0 Å². The maximum atomic E-state index is 12.1. The number of carbonyl (C=O) groups is 1. The second-order valence-electron chi connectivity index (χ2n) is 5.47. The fourth-order valence-corrected chi connectivity index (χ4v) is 2.65. The van der Waals surface area contributed by atoms with E-state index in [2.05, 4.69) is 15.6 Å². The molecule has 1 saturated carbocycles. The van der Waals surface area contributed by atoms with Gasteiger partial charge in [0.15, 0.2) is 0 Å². The lowest BCUT2D eigenvalue weighted by Crippen LogP contribution is -2.40. The van der Waals surface area contributed by atoms with E-state index in [0.29, 0.717) is 18.4 Å². The van der Waals surface area contributed by atoms with Gasteiger partial charge in [-0.2, -0.15) is 0 Å². The van der Waals surface area contributed by atoms with E-state index in [0.717, 1.165) is 29.8 Å². The van der Waals surface area contributed by atoms with Crippen molar-refractivity contribution in [2.24, 2.45) is 0 Å². The first-order valence-electron chi connectivity index (χ1n) is 7.19. The highest BCUT2D eigenvalue weighted by molar-refractivity contribution is 5.93. The molecule has 2 amide bonds. The Kier molecular flexibility index (Phi) is 2.77. The molecular formula is C16H16N4O. The maximum Gasteiger partial charge on any atom is 0.323 e. The Labute approximate surface area is 123 Å². The van der Waals surface area contributed by atoms with Crippen molar-refractivity contribution >= 4 is 23.2 Å². The quantitative estimate of drug-likeness (QED) is 0.906. The van der Waals surface area contributed by atoms with Crippen molar-refractivity contribution in [1.29, 1.82) is 0 Å². The normalized spacial score (nSPS) is 17.1. The molecule has 21 heavy (non-hydrogen) atoms. The minimum atomic E-state index is -0.0330. The van der Waals surface area contributed by atoms with Crippen LogP contribution in [0, 0.1) is 0 Å². The first kappa shape index (κ1) is 12.2. The lowest BCUT2D eigenvalue weighted by atomic mass is 10.1. The number of para-hydroxylation sites is 1. The zero-order valence-electron chi connectivity index (χ0n) is 11.5. The Hall–Kier alpha value is -2.56. The number of amides is 2. The molecule has 2 aliphatic rings. The summed E-state index contributed by atoms with van der Waals surface area (Å²) < 4.78 is 0. The monoisotopic (exact) mass is 280 g/mol. The number of hydrogen-bond donors (Lipinski definition) is 2. The van der Waals surface area contributed by atoms with Crippen LogP contribution in [-0.2, 0) is 6.54 Å². The number of nitrogens with one attached hydrogen (secondary N) is 2. The van der Waals surface area contributed by atoms with Crippen molar-refractivity contribution in [3.05, 3.63) is 48.2 Å². The van der Waals surface area contributed by atoms with Crippen molar-refractivity contribution in [2.75, 3.05) is 10.6 Å². The van der Waals surface area contributed by atoms with Crippen LogP contribution in [0.15, 0.2) is 42.6 Å². The number of benzene rings is 1. The number of fused-ring (bicyclic) bond motifs is 1. The number of rotatable bonds is 3. The van der Waals surface area contributed by atoms with Gasteiger partial charge in [0.2, 0.25) is 0 Å². The van der Waals surface area contributed by atoms with E-state index in [1.165, 1.54) is 0 Å². The molecule has 106 valence electrons. The van der Waals surface area contributed by atoms with Crippen LogP contribution in [-0.4, -0.2) is 22.0 Å². The van der Waals surface area contributed by atoms with Gasteiger partial charge in [-0.15, -0.1) is 0 Å². The van der Waals surface area contributed by atoms with Crippen LogP contribution in [0.3, 0.4) is 0 Å². The first-order chi connectivity index (χ1) is 10.3. The SMILES string of the molecule is O=C1Nc2nccc(Nc3ccccc3)c2CN1C1CC1. The van der Waals surface area contributed by atoms with E-state index < -0.39 is 0 Å². The van der Waals surface area contributed by atoms with E-state index in [4.69, 9.17) is 0 Å². The van der Waals surface area contributed by atoms with Crippen LogP contribution in [0.25, 0.3) is 0 Å². The van der Waals surface area contributed by atoms with Gasteiger partial charge in [0, 0.05) is 29.2 Å². The second kappa shape index (κ2) is 4.77. The number of carbonyl (C=O) groups excluding carboxylic acids is 1. The number of anilines is 3. The van der Waals surface area contributed by atoms with E-state index >= 15 is 0 Å². The fraction of sp³-hybridized carbons (Fsp3) is 0.250. The molecule has 2 heterocycles. The van der Waals surface area contributed by atoms with Gasteiger partial charge in [0.25, 0.3) is 0 Å². The molecule has 1 fully saturated rings. The minimum absolute atomic E-state index is 0.0330. The largest absolute Gasteiger partial charge is 0.355 e. The Bertz CT molecular complexity index is 682. The summed E-state index contributed by atoms with van der Waals surface area (Å²) in [7, 11) is 0. The summed E-state index contributed by atoms with van der Waals surface area (Å²) in [6.07, 6.45) is 3.92. The molecule has 0 saturated heterocycles. The molecule has 0 radical (unpaired) electrons. The zero-order chi connectivity index (χ0) is 14.2. The number of aromatic nitrogens is 1. The van der Waals surface area contributed by atoms with Crippen molar-refractivity contribution in [1.82, 2.24) is 9.88 Å². The van der Waals surface area contributed by atoms with Crippen LogP contribution in [0.1, 0.15) is 18.4 Å². The van der Waals surface area contributed by atoms with Gasteiger partial charge in [-0.3, -0.25) is 5.32 Å². The summed E-state index contributed by atoms with van der Waals surface area (Å²) in [4.78, 5) is 18.3. The van der Waals surface area contributed by atoms with Crippen LogP contribution >= 0.6 is 0 Å². The van der Waals surface area contributed by atoms with Crippen molar-refractivity contribution in [3.63, 3.8) is 0 Å². The van der Waals surface area contributed by atoms with Gasteiger partial charge in [0.05, 0.1) is 6.54 Å².